The SMILES string of the molecule is CCCCCC(C)OC(=O)CCC(=O)OCC(C)CC. The van der Waals surface area contributed by atoms with E-state index in [0.29, 0.717) is 12.5 Å². The number of esters is 2. The van der Waals surface area contributed by atoms with Crippen molar-refractivity contribution >= 4 is 11.9 Å². The smallest absolute Gasteiger partial charge is 0.306 e. The Morgan fingerprint density at radius 3 is 2.25 bits per heavy atom. The largest absolute Gasteiger partial charge is 0.465 e. The van der Waals surface area contributed by atoms with Crippen LogP contribution in [0.2, 0.25) is 0 Å². The second-order valence-electron chi connectivity index (χ2n) is 5.49. The van der Waals surface area contributed by atoms with Crippen LogP contribution in [-0.2, 0) is 19.1 Å². The van der Waals surface area contributed by atoms with Crippen LogP contribution in [-0.4, -0.2) is 24.6 Å². The minimum absolute atomic E-state index is 0.0646. The van der Waals surface area contributed by atoms with Crippen molar-refractivity contribution in [3.8, 4) is 0 Å². The van der Waals surface area contributed by atoms with Crippen LogP contribution in [0, 0.1) is 5.92 Å². The van der Waals surface area contributed by atoms with Crippen molar-refractivity contribution in [3.63, 3.8) is 0 Å². The number of carbonyl (C=O) groups is 2. The molecule has 0 aliphatic carbocycles. The molecule has 0 bridgehead atoms. The van der Waals surface area contributed by atoms with Gasteiger partial charge in [-0.2, -0.15) is 0 Å². The predicted octanol–water partition coefficient (Wildman–Crippen LogP) is 3.87. The molecule has 2 atom stereocenters. The van der Waals surface area contributed by atoms with E-state index >= 15 is 0 Å². The summed E-state index contributed by atoms with van der Waals surface area (Å²) in [6.45, 7) is 8.55. The van der Waals surface area contributed by atoms with Gasteiger partial charge in [0.05, 0.1) is 25.6 Å². The fourth-order valence-corrected chi connectivity index (χ4v) is 1.65. The summed E-state index contributed by atoms with van der Waals surface area (Å²) in [4.78, 5) is 23.0. The summed E-state index contributed by atoms with van der Waals surface area (Å²) in [5.74, 6) is -0.264. The molecule has 0 heterocycles. The molecular weight excluding hydrogens is 256 g/mol. The molecule has 2 unspecified atom stereocenters. The lowest BCUT2D eigenvalue weighted by Crippen LogP contribution is -2.17. The average Bonchev–Trinajstić information content (AvgIpc) is 2.42. The van der Waals surface area contributed by atoms with Crippen molar-refractivity contribution in [3.05, 3.63) is 0 Å². The number of ether oxygens (including phenoxy) is 2. The lowest BCUT2D eigenvalue weighted by atomic mass is 10.1. The van der Waals surface area contributed by atoms with Gasteiger partial charge in [-0.25, -0.2) is 0 Å². The molecule has 0 N–H and O–H groups in total. The first-order chi connectivity index (χ1) is 9.49. The molecule has 0 saturated heterocycles. The molecular formula is C16H30O4. The number of carbonyl (C=O) groups excluding carboxylic acids is 2. The van der Waals surface area contributed by atoms with Crippen LogP contribution in [0.15, 0.2) is 0 Å². The quantitative estimate of drug-likeness (QED) is 0.427. The molecule has 4 heteroatoms. The van der Waals surface area contributed by atoms with Crippen molar-refractivity contribution in [2.24, 2.45) is 5.92 Å². The average molecular weight is 286 g/mol. The van der Waals surface area contributed by atoms with Gasteiger partial charge in [0.2, 0.25) is 0 Å². The predicted molar refractivity (Wildman–Crippen MR) is 79.3 cm³/mol. The molecule has 20 heavy (non-hydrogen) atoms. The summed E-state index contributed by atoms with van der Waals surface area (Å²) < 4.78 is 10.3. The molecule has 118 valence electrons. The zero-order valence-electron chi connectivity index (χ0n) is 13.4. The summed E-state index contributed by atoms with van der Waals surface area (Å²) in [6.07, 6.45) is 5.40. The summed E-state index contributed by atoms with van der Waals surface area (Å²) in [5, 5.41) is 0. The lowest BCUT2D eigenvalue weighted by Gasteiger charge is -2.13. The normalized spacial score (nSPS) is 13.6. The Bertz CT molecular complexity index is 276. The minimum atomic E-state index is -0.319. The molecule has 0 radical (unpaired) electrons. The minimum Gasteiger partial charge on any atom is -0.465 e. The maximum atomic E-state index is 11.6. The lowest BCUT2D eigenvalue weighted by molar-refractivity contribution is -0.153. The van der Waals surface area contributed by atoms with Crippen LogP contribution in [0.25, 0.3) is 0 Å². The molecule has 0 spiro atoms. The molecule has 0 aliphatic rings. The van der Waals surface area contributed by atoms with Crippen LogP contribution in [0.3, 0.4) is 0 Å². The van der Waals surface area contributed by atoms with Gasteiger partial charge in [-0.3, -0.25) is 9.59 Å². The molecule has 0 fully saturated rings. The van der Waals surface area contributed by atoms with Crippen LogP contribution in [0.1, 0.15) is 72.6 Å². The number of hydrogen-bond donors (Lipinski definition) is 0. The van der Waals surface area contributed by atoms with Crippen LogP contribution < -0.4 is 0 Å². The number of unbranched alkanes of at least 4 members (excludes halogenated alkanes) is 2. The van der Waals surface area contributed by atoms with E-state index in [4.69, 9.17) is 9.47 Å². The Labute approximate surface area is 123 Å². The van der Waals surface area contributed by atoms with Gasteiger partial charge in [0.1, 0.15) is 0 Å². The van der Waals surface area contributed by atoms with E-state index in [1.807, 2.05) is 13.8 Å². The first-order valence-electron chi connectivity index (χ1n) is 7.84. The maximum absolute atomic E-state index is 11.6. The molecule has 0 aromatic heterocycles. The molecule has 0 amide bonds. The number of rotatable bonds is 11. The summed E-state index contributed by atoms with van der Waals surface area (Å²) in [6, 6.07) is 0. The Balaban J connectivity index is 3.68. The second-order valence-corrected chi connectivity index (χ2v) is 5.49. The van der Waals surface area contributed by atoms with E-state index in [1.54, 1.807) is 0 Å². The fourth-order valence-electron chi connectivity index (χ4n) is 1.65. The Morgan fingerprint density at radius 1 is 1.00 bits per heavy atom. The van der Waals surface area contributed by atoms with Crippen LogP contribution in [0.5, 0.6) is 0 Å². The van der Waals surface area contributed by atoms with Gasteiger partial charge in [-0.15, -0.1) is 0 Å². The van der Waals surface area contributed by atoms with E-state index < -0.39 is 0 Å². The van der Waals surface area contributed by atoms with Crippen molar-refractivity contribution < 1.29 is 19.1 Å². The van der Waals surface area contributed by atoms with Gasteiger partial charge in [-0.05, 0) is 25.7 Å². The first-order valence-corrected chi connectivity index (χ1v) is 7.84. The highest BCUT2D eigenvalue weighted by molar-refractivity contribution is 5.77. The van der Waals surface area contributed by atoms with Gasteiger partial charge >= 0.3 is 11.9 Å². The van der Waals surface area contributed by atoms with Crippen molar-refractivity contribution in [1.29, 1.82) is 0 Å². The topological polar surface area (TPSA) is 52.6 Å². The van der Waals surface area contributed by atoms with E-state index in [1.165, 1.54) is 0 Å². The Hall–Kier alpha value is -1.06. The van der Waals surface area contributed by atoms with Gasteiger partial charge in [-0.1, -0.05) is 40.0 Å². The van der Waals surface area contributed by atoms with Gasteiger partial charge in [0.25, 0.3) is 0 Å². The monoisotopic (exact) mass is 286 g/mol. The standard InChI is InChI=1S/C16H30O4/c1-5-7-8-9-14(4)20-16(18)11-10-15(17)19-12-13(3)6-2/h13-14H,5-12H2,1-4H3. The van der Waals surface area contributed by atoms with Gasteiger partial charge in [0, 0.05) is 0 Å². The highest BCUT2D eigenvalue weighted by atomic mass is 16.5. The molecule has 0 rings (SSSR count). The Kier molecular flexibility index (Phi) is 11.1. The van der Waals surface area contributed by atoms with Crippen LogP contribution >= 0.6 is 0 Å². The summed E-state index contributed by atoms with van der Waals surface area (Å²) in [5.41, 5.74) is 0. The Morgan fingerprint density at radius 2 is 1.65 bits per heavy atom. The van der Waals surface area contributed by atoms with Crippen molar-refractivity contribution in [2.75, 3.05) is 6.61 Å². The van der Waals surface area contributed by atoms with Gasteiger partial charge in [0.15, 0.2) is 0 Å². The third-order valence-corrected chi connectivity index (χ3v) is 3.31. The summed E-state index contributed by atoms with van der Waals surface area (Å²) in [7, 11) is 0. The van der Waals surface area contributed by atoms with Gasteiger partial charge < -0.3 is 9.47 Å². The molecule has 0 aromatic carbocycles. The maximum Gasteiger partial charge on any atom is 0.306 e. The molecule has 4 nitrogen and oxygen atoms in total. The zero-order valence-corrected chi connectivity index (χ0v) is 13.4. The summed E-state index contributed by atoms with van der Waals surface area (Å²) >= 11 is 0. The highest BCUT2D eigenvalue weighted by Crippen LogP contribution is 2.08. The third kappa shape index (κ3) is 10.8. The van der Waals surface area contributed by atoms with Crippen molar-refractivity contribution in [1.82, 2.24) is 0 Å². The first kappa shape index (κ1) is 18.9. The van der Waals surface area contributed by atoms with Crippen molar-refractivity contribution in [2.45, 2.75) is 78.7 Å². The van der Waals surface area contributed by atoms with E-state index in [2.05, 4.69) is 13.8 Å². The zero-order chi connectivity index (χ0) is 15.4. The molecule has 0 saturated carbocycles. The third-order valence-electron chi connectivity index (χ3n) is 3.31. The fraction of sp³-hybridized carbons (Fsp3) is 0.875. The van der Waals surface area contributed by atoms with E-state index in [-0.39, 0.29) is 30.9 Å². The van der Waals surface area contributed by atoms with E-state index in [0.717, 1.165) is 32.1 Å². The second kappa shape index (κ2) is 11.7. The highest BCUT2D eigenvalue weighted by Gasteiger charge is 2.13. The van der Waals surface area contributed by atoms with E-state index in [9.17, 15) is 9.59 Å². The van der Waals surface area contributed by atoms with Crippen LogP contribution in [0.4, 0.5) is 0 Å². The number of hydrogen-bond acceptors (Lipinski definition) is 4. The molecule has 0 aliphatic heterocycles. The molecule has 0 aromatic rings.